The lowest BCUT2D eigenvalue weighted by Crippen LogP contribution is -2.59. The van der Waals surface area contributed by atoms with Crippen LogP contribution < -0.4 is 10.1 Å². The Bertz CT molecular complexity index is 441. The SMILES string of the molecule is CCCCOc1ccc(C(=O)N(CCC)C2CNC2)cc1. The number of nitrogens with zero attached hydrogens (tertiary/aromatic N) is 1. The van der Waals surface area contributed by atoms with Crippen molar-refractivity contribution < 1.29 is 9.53 Å². The molecular formula is C17H26N2O2. The van der Waals surface area contributed by atoms with Gasteiger partial charge in [-0.25, -0.2) is 0 Å². The first-order valence-electron chi connectivity index (χ1n) is 8.00. The van der Waals surface area contributed by atoms with Crippen molar-refractivity contribution in [1.29, 1.82) is 0 Å². The second kappa shape index (κ2) is 8.03. The average Bonchev–Trinajstić information content (AvgIpc) is 2.45. The quantitative estimate of drug-likeness (QED) is 0.748. The van der Waals surface area contributed by atoms with E-state index in [1.165, 1.54) is 0 Å². The zero-order valence-corrected chi connectivity index (χ0v) is 13.1. The number of carbonyl (C=O) groups is 1. The fourth-order valence-electron chi connectivity index (χ4n) is 2.38. The Labute approximate surface area is 127 Å². The van der Waals surface area contributed by atoms with Crippen LogP contribution in [0.2, 0.25) is 0 Å². The van der Waals surface area contributed by atoms with E-state index in [4.69, 9.17) is 4.74 Å². The maximum Gasteiger partial charge on any atom is 0.254 e. The first kappa shape index (κ1) is 15.8. The van der Waals surface area contributed by atoms with E-state index in [0.717, 1.165) is 56.8 Å². The van der Waals surface area contributed by atoms with E-state index in [-0.39, 0.29) is 5.91 Å². The van der Waals surface area contributed by atoms with Crippen molar-refractivity contribution in [1.82, 2.24) is 10.2 Å². The van der Waals surface area contributed by atoms with Gasteiger partial charge in [0.2, 0.25) is 0 Å². The number of benzene rings is 1. The lowest BCUT2D eigenvalue weighted by atomic mass is 10.1. The molecule has 4 nitrogen and oxygen atoms in total. The van der Waals surface area contributed by atoms with Crippen LogP contribution in [0.5, 0.6) is 5.75 Å². The van der Waals surface area contributed by atoms with Crippen LogP contribution in [0, 0.1) is 0 Å². The van der Waals surface area contributed by atoms with Gasteiger partial charge in [0.05, 0.1) is 12.6 Å². The summed E-state index contributed by atoms with van der Waals surface area (Å²) in [6, 6.07) is 7.88. The van der Waals surface area contributed by atoms with Crippen LogP contribution in [0.15, 0.2) is 24.3 Å². The van der Waals surface area contributed by atoms with Crippen molar-refractivity contribution in [2.45, 2.75) is 39.2 Å². The van der Waals surface area contributed by atoms with Crippen molar-refractivity contribution in [2.24, 2.45) is 0 Å². The van der Waals surface area contributed by atoms with E-state index in [1.807, 2.05) is 29.2 Å². The standard InChI is InChI=1S/C17H26N2O2/c1-3-5-11-21-16-8-6-14(7-9-16)17(20)19(10-4-2)15-12-18-13-15/h6-9,15,18H,3-5,10-13H2,1-2H3. The van der Waals surface area contributed by atoms with Crippen LogP contribution in [0.4, 0.5) is 0 Å². The zero-order valence-electron chi connectivity index (χ0n) is 13.1. The minimum Gasteiger partial charge on any atom is -0.494 e. The fraction of sp³-hybridized carbons (Fsp3) is 0.588. The van der Waals surface area contributed by atoms with Crippen LogP contribution in [0.25, 0.3) is 0 Å². The molecule has 0 aliphatic carbocycles. The maximum absolute atomic E-state index is 12.6. The van der Waals surface area contributed by atoms with Gasteiger partial charge in [0.25, 0.3) is 5.91 Å². The summed E-state index contributed by atoms with van der Waals surface area (Å²) in [5.41, 5.74) is 0.748. The summed E-state index contributed by atoms with van der Waals surface area (Å²) in [4.78, 5) is 14.6. The van der Waals surface area contributed by atoms with E-state index < -0.39 is 0 Å². The molecule has 1 heterocycles. The molecule has 1 aromatic carbocycles. The minimum absolute atomic E-state index is 0.128. The second-order valence-corrected chi connectivity index (χ2v) is 5.54. The molecule has 1 aromatic rings. The third-order valence-electron chi connectivity index (χ3n) is 3.79. The highest BCUT2D eigenvalue weighted by Crippen LogP contribution is 2.16. The summed E-state index contributed by atoms with van der Waals surface area (Å²) in [6.07, 6.45) is 3.16. The van der Waals surface area contributed by atoms with Gasteiger partial charge in [-0.3, -0.25) is 4.79 Å². The van der Waals surface area contributed by atoms with Crippen LogP contribution >= 0.6 is 0 Å². The molecule has 4 heteroatoms. The van der Waals surface area contributed by atoms with Gasteiger partial charge < -0.3 is 15.0 Å². The predicted molar refractivity (Wildman–Crippen MR) is 84.8 cm³/mol. The Morgan fingerprint density at radius 1 is 1.24 bits per heavy atom. The molecule has 0 unspecified atom stereocenters. The lowest BCUT2D eigenvalue weighted by molar-refractivity contribution is 0.0616. The molecule has 0 aromatic heterocycles. The van der Waals surface area contributed by atoms with Gasteiger partial charge in [-0.2, -0.15) is 0 Å². The molecule has 0 radical (unpaired) electrons. The molecule has 1 N–H and O–H groups in total. The highest BCUT2D eigenvalue weighted by molar-refractivity contribution is 5.94. The van der Waals surface area contributed by atoms with Gasteiger partial charge in [-0.05, 0) is 37.1 Å². The molecule has 0 spiro atoms. The van der Waals surface area contributed by atoms with Crippen molar-refractivity contribution in [3.05, 3.63) is 29.8 Å². The third kappa shape index (κ3) is 4.21. The monoisotopic (exact) mass is 290 g/mol. The molecule has 0 saturated carbocycles. The smallest absolute Gasteiger partial charge is 0.254 e. The van der Waals surface area contributed by atoms with E-state index >= 15 is 0 Å². The summed E-state index contributed by atoms with van der Waals surface area (Å²) >= 11 is 0. The Morgan fingerprint density at radius 2 is 1.95 bits per heavy atom. The highest BCUT2D eigenvalue weighted by Gasteiger charge is 2.28. The lowest BCUT2D eigenvalue weighted by Gasteiger charge is -2.38. The molecule has 1 aliphatic rings. The van der Waals surface area contributed by atoms with Crippen molar-refractivity contribution >= 4 is 5.91 Å². The largest absolute Gasteiger partial charge is 0.494 e. The van der Waals surface area contributed by atoms with Crippen LogP contribution in [-0.2, 0) is 0 Å². The van der Waals surface area contributed by atoms with Crippen molar-refractivity contribution in [2.75, 3.05) is 26.2 Å². The summed E-state index contributed by atoms with van der Waals surface area (Å²) in [5.74, 6) is 0.968. The Hall–Kier alpha value is -1.55. The summed E-state index contributed by atoms with van der Waals surface area (Å²) in [5, 5.41) is 3.23. The molecule has 1 amide bonds. The molecule has 1 fully saturated rings. The number of hydrogen-bond donors (Lipinski definition) is 1. The van der Waals surface area contributed by atoms with Crippen LogP contribution in [0.3, 0.4) is 0 Å². The number of rotatable bonds is 8. The highest BCUT2D eigenvalue weighted by atomic mass is 16.5. The predicted octanol–water partition coefficient (Wildman–Crippen LogP) is 2.69. The molecule has 0 atom stereocenters. The van der Waals surface area contributed by atoms with Gasteiger partial charge in [0, 0.05) is 25.2 Å². The number of unbranched alkanes of at least 4 members (excludes halogenated alkanes) is 1. The molecule has 2 rings (SSSR count). The Balaban J connectivity index is 1.97. The number of hydrogen-bond acceptors (Lipinski definition) is 3. The second-order valence-electron chi connectivity index (χ2n) is 5.54. The molecule has 1 saturated heterocycles. The summed E-state index contributed by atoms with van der Waals surface area (Å²) < 4.78 is 5.63. The van der Waals surface area contributed by atoms with Crippen molar-refractivity contribution in [3.63, 3.8) is 0 Å². The van der Waals surface area contributed by atoms with E-state index in [2.05, 4.69) is 19.2 Å². The molecule has 0 bridgehead atoms. The van der Waals surface area contributed by atoms with E-state index in [1.54, 1.807) is 0 Å². The molecular weight excluding hydrogens is 264 g/mol. The average molecular weight is 290 g/mol. The van der Waals surface area contributed by atoms with Gasteiger partial charge in [0.1, 0.15) is 5.75 Å². The van der Waals surface area contributed by atoms with Crippen LogP contribution in [0.1, 0.15) is 43.5 Å². The fourth-order valence-corrected chi connectivity index (χ4v) is 2.38. The van der Waals surface area contributed by atoms with Gasteiger partial charge in [-0.15, -0.1) is 0 Å². The maximum atomic E-state index is 12.6. The Morgan fingerprint density at radius 3 is 2.48 bits per heavy atom. The van der Waals surface area contributed by atoms with Gasteiger partial charge >= 0.3 is 0 Å². The number of nitrogens with one attached hydrogen (secondary N) is 1. The Kier molecular flexibility index (Phi) is 6.05. The number of ether oxygens (including phenoxy) is 1. The normalized spacial score (nSPS) is 14.6. The first-order chi connectivity index (χ1) is 10.3. The summed E-state index contributed by atoms with van der Waals surface area (Å²) in [6.45, 7) is 7.62. The summed E-state index contributed by atoms with van der Waals surface area (Å²) in [7, 11) is 0. The number of carbonyl (C=O) groups excluding carboxylic acids is 1. The van der Waals surface area contributed by atoms with Crippen molar-refractivity contribution in [3.8, 4) is 5.75 Å². The van der Waals surface area contributed by atoms with Gasteiger partial charge in [0.15, 0.2) is 0 Å². The topological polar surface area (TPSA) is 41.6 Å². The molecule has 116 valence electrons. The molecule has 21 heavy (non-hydrogen) atoms. The zero-order chi connectivity index (χ0) is 15.1. The first-order valence-corrected chi connectivity index (χ1v) is 8.00. The van der Waals surface area contributed by atoms with E-state index in [9.17, 15) is 4.79 Å². The third-order valence-corrected chi connectivity index (χ3v) is 3.79. The van der Waals surface area contributed by atoms with Crippen LogP contribution in [-0.4, -0.2) is 43.1 Å². The minimum atomic E-state index is 0.128. The molecule has 1 aliphatic heterocycles. The van der Waals surface area contributed by atoms with Gasteiger partial charge in [-0.1, -0.05) is 20.3 Å². The number of amides is 1. The van der Waals surface area contributed by atoms with E-state index in [0.29, 0.717) is 6.04 Å².